The van der Waals surface area contributed by atoms with Gasteiger partial charge in [-0.3, -0.25) is 9.69 Å². The molecular weight excluding hydrogens is 264 g/mol. The predicted octanol–water partition coefficient (Wildman–Crippen LogP) is 2.69. The summed E-state index contributed by atoms with van der Waals surface area (Å²) in [6.07, 6.45) is 9.54. The normalized spacial score (nSPS) is 21.6. The molecule has 4 nitrogen and oxygen atoms in total. The second-order valence-electron chi connectivity index (χ2n) is 6.29. The third-order valence-electron chi connectivity index (χ3n) is 4.89. The fourth-order valence-electron chi connectivity index (χ4n) is 3.66. The largest absolute Gasteiger partial charge is 0.469 e. The molecule has 3 rings (SSSR count). The van der Waals surface area contributed by atoms with Gasteiger partial charge in [0.1, 0.15) is 5.76 Å². The highest BCUT2D eigenvalue weighted by Crippen LogP contribution is 2.24. The minimum atomic E-state index is 0.277. The van der Waals surface area contributed by atoms with Gasteiger partial charge in [-0.15, -0.1) is 0 Å². The molecule has 2 heterocycles. The molecule has 0 spiro atoms. The lowest BCUT2D eigenvalue weighted by molar-refractivity contribution is -0.131. The highest BCUT2D eigenvalue weighted by Gasteiger charge is 2.25. The summed E-state index contributed by atoms with van der Waals surface area (Å²) in [7, 11) is 0. The summed E-state index contributed by atoms with van der Waals surface area (Å²) >= 11 is 0. The van der Waals surface area contributed by atoms with Crippen molar-refractivity contribution in [2.24, 2.45) is 0 Å². The van der Waals surface area contributed by atoms with Crippen molar-refractivity contribution in [1.82, 2.24) is 9.80 Å². The van der Waals surface area contributed by atoms with E-state index in [1.54, 1.807) is 6.26 Å². The molecule has 1 aliphatic heterocycles. The van der Waals surface area contributed by atoms with Crippen LogP contribution in [0.1, 0.15) is 44.3 Å². The summed E-state index contributed by atoms with van der Waals surface area (Å²) < 4.78 is 5.30. The van der Waals surface area contributed by atoms with E-state index in [1.807, 2.05) is 12.1 Å². The zero-order valence-corrected chi connectivity index (χ0v) is 12.8. The molecule has 1 aromatic heterocycles. The highest BCUT2D eigenvalue weighted by molar-refractivity contribution is 5.76. The molecule has 116 valence electrons. The molecule has 1 aromatic rings. The van der Waals surface area contributed by atoms with E-state index in [0.29, 0.717) is 12.8 Å². The Morgan fingerprint density at radius 3 is 2.76 bits per heavy atom. The zero-order valence-electron chi connectivity index (χ0n) is 12.8. The number of nitrogens with zero attached hydrogens (tertiary/aromatic N) is 2. The smallest absolute Gasteiger partial charge is 0.223 e. The van der Waals surface area contributed by atoms with Gasteiger partial charge in [0.15, 0.2) is 0 Å². The van der Waals surface area contributed by atoms with Crippen LogP contribution in [0.2, 0.25) is 0 Å². The van der Waals surface area contributed by atoms with Crippen LogP contribution in [0.25, 0.3) is 0 Å². The number of amides is 1. The average molecular weight is 290 g/mol. The lowest BCUT2D eigenvalue weighted by Gasteiger charge is -2.27. The van der Waals surface area contributed by atoms with Crippen LogP contribution in [0, 0.1) is 0 Å². The minimum absolute atomic E-state index is 0.277. The van der Waals surface area contributed by atoms with Crippen LogP contribution in [0.15, 0.2) is 22.8 Å². The number of carbonyl (C=O) groups is 1. The topological polar surface area (TPSA) is 36.7 Å². The molecule has 2 aliphatic rings. The van der Waals surface area contributed by atoms with Crippen LogP contribution in [0.4, 0.5) is 0 Å². The van der Waals surface area contributed by atoms with Gasteiger partial charge >= 0.3 is 0 Å². The van der Waals surface area contributed by atoms with Crippen LogP contribution in [-0.2, 0) is 11.2 Å². The SMILES string of the molecule is O=C(CCc1ccco1)N1CCCN(C2CCCC2)CC1. The first-order chi connectivity index (χ1) is 10.3. The molecule has 21 heavy (non-hydrogen) atoms. The molecule has 1 saturated carbocycles. The Kier molecular flexibility index (Phi) is 4.96. The van der Waals surface area contributed by atoms with E-state index in [1.165, 1.54) is 25.7 Å². The quantitative estimate of drug-likeness (QED) is 0.855. The molecule has 1 saturated heterocycles. The van der Waals surface area contributed by atoms with Crippen molar-refractivity contribution >= 4 is 5.91 Å². The number of hydrogen-bond acceptors (Lipinski definition) is 3. The lowest BCUT2D eigenvalue weighted by atomic mass is 10.2. The maximum Gasteiger partial charge on any atom is 0.223 e. The van der Waals surface area contributed by atoms with Crippen molar-refractivity contribution in [3.8, 4) is 0 Å². The minimum Gasteiger partial charge on any atom is -0.469 e. The summed E-state index contributed by atoms with van der Waals surface area (Å²) in [5.74, 6) is 1.19. The van der Waals surface area contributed by atoms with Crippen molar-refractivity contribution in [2.45, 2.75) is 51.0 Å². The molecule has 1 aliphatic carbocycles. The van der Waals surface area contributed by atoms with Gasteiger partial charge in [-0.1, -0.05) is 12.8 Å². The summed E-state index contributed by atoms with van der Waals surface area (Å²) in [5.41, 5.74) is 0. The van der Waals surface area contributed by atoms with E-state index in [2.05, 4.69) is 9.80 Å². The molecule has 0 atom stereocenters. The Morgan fingerprint density at radius 2 is 2.00 bits per heavy atom. The summed E-state index contributed by atoms with van der Waals surface area (Å²) in [4.78, 5) is 17.0. The van der Waals surface area contributed by atoms with Gasteiger partial charge in [-0.05, 0) is 31.4 Å². The molecular formula is C17H26N2O2. The molecule has 0 N–H and O–H groups in total. The number of rotatable bonds is 4. The van der Waals surface area contributed by atoms with Gasteiger partial charge in [0.2, 0.25) is 5.91 Å². The molecule has 0 bridgehead atoms. The Labute approximate surface area is 127 Å². The molecule has 1 amide bonds. The van der Waals surface area contributed by atoms with Crippen LogP contribution >= 0.6 is 0 Å². The fraction of sp³-hybridized carbons (Fsp3) is 0.706. The van der Waals surface area contributed by atoms with Crippen molar-refractivity contribution in [3.63, 3.8) is 0 Å². The second kappa shape index (κ2) is 7.12. The Hall–Kier alpha value is -1.29. The average Bonchev–Trinajstić information content (AvgIpc) is 3.15. The van der Waals surface area contributed by atoms with Crippen LogP contribution < -0.4 is 0 Å². The van der Waals surface area contributed by atoms with Crippen molar-refractivity contribution in [1.29, 1.82) is 0 Å². The second-order valence-corrected chi connectivity index (χ2v) is 6.29. The lowest BCUT2D eigenvalue weighted by Crippen LogP contribution is -2.38. The molecule has 2 fully saturated rings. The van der Waals surface area contributed by atoms with Gasteiger partial charge in [0.05, 0.1) is 6.26 Å². The van der Waals surface area contributed by atoms with Crippen molar-refractivity contribution in [3.05, 3.63) is 24.2 Å². The van der Waals surface area contributed by atoms with E-state index in [4.69, 9.17) is 4.42 Å². The summed E-state index contributed by atoms with van der Waals surface area (Å²) in [5, 5.41) is 0. The van der Waals surface area contributed by atoms with E-state index >= 15 is 0 Å². The zero-order chi connectivity index (χ0) is 14.5. The number of furan rings is 1. The van der Waals surface area contributed by atoms with Crippen LogP contribution in [0.5, 0.6) is 0 Å². The number of hydrogen-bond donors (Lipinski definition) is 0. The van der Waals surface area contributed by atoms with Crippen molar-refractivity contribution in [2.75, 3.05) is 26.2 Å². The number of aryl methyl sites for hydroxylation is 1. The third kappa shape index (κ3) is 3.88. The van der Waals surface area contributed by atoms with E-state index in [-0.39, 0.29) is 5.91 Å². The maximum atomic E-state index is 12.3. The highest BCUT2D eigenvalue weighted by atomic mass is 16.3. The first kappa shape index (κ1) is 14.6. The van der Waals surface area contributed by atoms with Gasteiger partial charge in [0.25, 0.3) is 0 Å². The van der Waals surface area contributed by atoms with E-state index in [0.717, 1.165) is 44.4 Å². The first-order valence-corrected chi connectivity index (χ1v) is 8.37. The molecule has 0 unspecified atom stereocenters. The molecule has 4 heteroatoms. The fourth-order valence-corrected chi connectivity index (χ4v) is 3.66. The van der Waals surface area contributed by atoms with E-state index < -0.39 is 0 Å². The standard InChI is InChI=1S/C17H26N2O2/c20-17(9-8-16-7-3-14-21-16)19-11-4-10-18(12-13-19)15-5-1-2-6-15/h3,7,14-15H,1-2,4-6,8-13H2. The van der Waals surface area contributed by atoms with Gasteiger partial charge in [-0.2, -0.15) is 0 Å². The maximum absolute atomic E-state index is 12.3. The van der Waals surface area contributed by atoms with Gasteiger partial charge in [-0.25, -0.2) is 0 Å². The summed E-state index contributed by atoms with van der Waals surface area (Å²) in [6.45, 7) is 4.03. The molecule has 0 aromatic carbocycles. The first-order valence-electron chi connectivity index (χ1n) is 8.37. The van der Waals surface area contributed by atoms with E-state index in [9.17, 15) is 4.79 Å². The third-order valence-corrected chi connectivity index (χ3v) is 4.89. The van der Waals surface area contributed by atoms with Crippen LogP contribution in [-0.4, -0.2) is 47.9 Å². The Bertz CT molecular complexity index is 438. The summed E-state index contributed by atoms with van der Waals surface area (Å²) in [6, 6.07) is 4.60. The molecule has 0 radical (unpaired) electrons. The van der Waals surface area contributed by atoms with Gasteiger partial charge < -0.3 is 9.32 Å². The Balaban J connectivity index is 1.46. The van der Waals surface area contributed by atoms with Crippen LogP contribution in [0.3, 0.4) is 0 Å². The Morgan fingerprint density at radius 1 is 1.14 bits per heavy atom. The van der Waals surface area contributed by atoms with Gasteiger partial charge in [0, 0.05) is 45.1 Å². The van der Waals surface area contributed by atoms with Crippen molar-refractivity contribution < 1.29 is 9.21 Å². The monoisotopic (exact) mass is 290 g/mol. The predicted molar refractivity (Wildman–Crippen MR) is 82.1 cm³/mol. The number of carbonyl (C=O) groups excluding carboxylic acids is 1.